The van der Waals surface area contributed by atoms with Crippen LogP contribution in [0.5, 0.6) is 11.5 Å². The first kappa shape index (κ1) is 18.1. The van der Waals surface area contributed by atoms with Gasteiger partial charge in [0.1, 0.15) is 0 Å². The van der Waals surface area contributed by atoms with Crippen LogP contribution in [-0.2, 0) is 6.42 Å². The van der Waals surface area contributed by atoms with Crippen LogP contribution >= 0.6 is 0 Å². The third kappa shape index (κ3) is 5.70. The number of nitrogens with two attached hydrogens (primary N) is 1. The molecule has 3 N–H and O–H groups in total. The van der Waals surface area contributed by atoms with E-state index in [1.807, 2.05) is 12.1 Å². The van der Waals surface area contributed by atoms with E-state index in [0.717, 1.165) is 43.3 Å². The molecule has 0 aliphatic heterocycles. The van der Waals surface area contributed by atoms with Crippen LogP contribution in [0.3, 0.4) is 0 Å². The number of rotatable bonds is 9. The number of ether oxygens (including phenoxy) is 2. The van der Waals surface area contributed by atoms with E-state index in [9.17, 15) is 0 Å². The Hall–Kier alpha value is -1.26. The predicted molar refractivity (Wildman–Crippen MR) is 95.3 cm³/mol. The van der Waals surface area contributed by atoms with Crippen molar-refractivity contribution < 1.29 is 9.47 Å². The molecular formula is C19H32N2O2. The zero-order valence-corrected chi connectivity index (χ0v) is 14.6. The summed E-state index contributed by atoms with van der Waals surface area (Å²) in [7, 11) is 3.39. The first-order chi connectivity index (χ1) is 11.2. The summed E-state index contributed by atoms with van der Waals surface area (Å²) < 4.78 is 10.8. The molecule has 0 atom stereocenters. The van der Waals surface area contributed by atoms with Gasteiger partial charge in [-0.2, -0.15) is 0 Å². The van der Waals surface area contributed by atoms with E-state index in [0.29, 0.717) is 6.04 Å². The Bertz CT molecular complexity index is 457. The van der Waals surface area contributed by atoms with Crippen molar-refractivity contribution in [2.45, 2.75) is 51.0 Å². The molecule has 1 aromatic carbocycles. The van der Waals surface area contributed by atoms with Gasteiger partial charge in [-0.1, -0.05) is 12.1 Å². The van der Waals surface area contributed by atoms with E-state index in [1.54, 1.807) is 14.2 Å². The van der Waals surface area contributed by atoms with Crippen molar-refractivity contribution in [3.05, 3.63) is 23.8 Å². The van der Waals surface area contributed by atoms with Gasteiger partial charge in [0.05, 0.1) is 14.2 Å². The lowest BCUT2D eigenvalue weighted by Gasteiger charge is -2.26. The van der Waals surface area contributed by atoms with Gasteiger partial charge in [0.15, 0.2) is 11.5 Å². The number of benzene rings is 1. The molecule has 1 saturated carbocycles. The summed E-state index contributed by atoms with van der Waals surface area (Å²) in [5.41, 5.74) is 7.18. The minimum absolute atomic E-state index is 0.448. The summed E-state index contributed by atoms with van der Waals surface area (Å²) in [6, 6.07) is 6.55. The highest BCUT2D eigenvalue weighted by molar-refractivity contribution is 5.46. The standard InChI is InChI=1S/C19H32N2O2/c1-22-18-8-5-7-16(19(18)23-2)6-3-4-13-21-14-15-9-11-17(20)12-10-15/h5,7-8,15,17,21H,3-4,6,9-14,20H2,1-2H3. The molecule has 0 saturated heterocycles. The molecule has 0 heterocycles. The van der Waals surface area contributed by atoms with E-state index in [1.165, 1.54) is 37.7 Å². The summed E-state index contributed by atoms with van der Waals surface area (Å²) in [5.74, 6) is 2.52. The molecule has 0 spiro atoms. The molecular weight excluding hydrogens is 288 g/mol. The average Bonchev–Trinajstić information content (AvgIpc) is 2.59. The van der Waals surface area contributed by atoms with Crippen LogP contribution in [0.4, 0.5) is 0 Å². The highest BCUT2D eigenvalue weighted by atomic mass is 16.5. The maximum absolute atomic E-state index is 5.95. The number of hydrogen-bond acceptors (Lipinski definition) is 4. The van der Waals surface area contributed by atoms with Gasteiger partial charge in [-0.25, -0.2) is 0 Å². The quantitative estimate of drug-likeness (QED) is 0.686. The van der Waals surface area contributed by atoms with Gasteiger partial charge in [0.2, 0.25) is 0 Å². The number of hydrogen-bond donors (Lipinski definition) is 2. The maximum Gasteiger partial charge on any atom is 0.163 e. The predicted octanol–water partition coefficient (Wildman–Crippen LogP) is 3.13. The van der Waals surface area contributed by atoms with Crippen LogP contribution in [-0.4, -0.2) is 33.4 Å². The fraction of sp³-hybridized carbons (Fsp3) is 0.684. The molecule has 2 rings (SSSR count). The Kier molecular flexibility index (Phi) is 7.69. The zero-order chi connectivity index (χ0) is 16.5. The van der Waals surface area contributed by atoms with Crippen LogP contribution in [0, 0.1) is 5.92 Å². The Balaban J connectivity index is 1.62. The van der Waals surface area contributed by atoms with E-state index >= 15 is 0 Å². The highest BCUT2D eigenvalue weighted by Crippen LogP contribution is 2.31. The third-order valence-corrected chi connectivity index (χ3v) is 4.86. The fourth-order valence-corrected chi connectivity index (χ4v) is 3.41. The maximum atomic E-state index is 5.95. The molecule has 130 valence electrons. The number of para-hydroxylation sites is 1. The second-order valence-electron chi connectivity index (χ2n) is 6.59. The lowest BCUT2D eigenvalue weighted by molar-refractivity contribution is 0.314. The first-order valence-electron chi connectivity index (χ1n) is 8.90. The molecule has 0 amide bonds. The molecule has 1 aliphatic carbocycles. The molecule has 1 fully saturated rings. The molecule has 4 nitrogen and oxygen atoms in total. The second-order valence-corrected chi connectivity index (χ2v) is 6.59. The van der Waals surface area contributed by atoms with Gasteiger partial charge in [0, 0.05) is 6.04 Å². The largest absolute Gasteiger partial charge is 0.493 e. The number of nitrogens with one attached hydrogen (secondary N) is 1. The molecule has 1 aliphatic rings. The van der Waals surface area contributed by atoms with Crippen LogP contribution in [0.25, 0.3) is 0 Å². The van der Waals surface area contributed by atoms with E-state index in [4.69, 9.17) is 15.2 Å². The third-order valence-electron chi connectivity index (χ3n) is 4.86. The van der Waals surface area contributed by atoms with E-state index in [2.05, 4.69) is 11.4 Å². The smallest absolute Gasteiger partial charge is 0.163 e. The number of aryl methyl sites for hydroxylation is 1. The van der Waals surface area contributed by atoms with Crippen molar-refractivity contribution >= 4 is 0 Å². The van der Waals surface area contributed by atoms with E-state index in [-0.39, 0.29) is 0 Å². The lowest BCUT2D eigenvalue weighted by Crippen LogP contribution is -2.32. The van der Waals surface area contributed by atoms with Gasteiger partial charge in [-0.05, 0) is 75.6 Å². The van der Waals surface area contributed by atoms with Crippen molar-refractivity contribution in [1.82, 2.24) is 5.32 Å². The number of methoxy groups -OCH3 is 2. The molecule has 0 unspecified atom stereocenters. The highest BCUT2D eigenvalue weighted by Gasteiger charge is 2.17. The topological polar surface area (TPSA) is 56.5 Å². The van der Waals surface area contributed by atoms with Crippen molar-refractivity contribution in [2.75, 3.05) is 27.3 Å². The SMILES string of the molecule is COc1cccc(CCCCNCC2CCC(N)CC2)c1OC. The van der Waals surface area contributed by atoms with Gasteiger partial charge in [0.25, 0.3) is 0 Å². The molecule has 0 aromatic heterocycles. The van der Waals surface area contributed by atoms with Crippen molar-refractivity contribution in [3.63, 3.8) is 0 Å². The molecule has 0 bridgehead atoms. The zero-order valence-electron chi connectivity index (χ0n) is 14.6. The minimum Gasteiger partial charge on any atom is -0.493 e. The van der Waals surface area contributed by atoms with Crippen molar-refractivity contribution in [3.8, 4) is 11.5 Å². The second kappa shape index (κ2) is 9.78. The van der Waals surface area contributed by atoms with E-state index < -0.39 is 0 Å². The molecule has 1 aromatic rings. The Morgan fingerprint density at radius 3 is 2.57 bits per heavy atom. The molecule has 23 heavy (non-hydrogen) atoms. The van der Waals surface area contributed by atoms with Gasteiger partial charge >= 0.3 is 0 Å². The summed E-state index contributed by atoms with van der Waals surface area (Å²) in [6.07, 6.45) is 8.34. The summed E-state index contributed by atoms with van der Waals surface area (Å²) in [4.78, 5) is 0. The molecule has 0 radical (unpaired) electrons. The monoisotopic (exact) mass is 320 g/mol. The average molecular weight is 320 g/mol. The summed E-state index contributed by atoms with van der Waals surface area (Å²) in [6.45, 7) is 2.24. The Morgan fingerprint density at radius 2 is 1.87 bits per heavy atom. The normalized spacial score (nSPS) is 21.2. The first-order valence-corrected chi connectivity index (χ1v) is 8.90. The minimum atomic E-state index is 0.448. The molecule has 4 heteroatoms. The Morgan fingerprint density at radius 1 is 1.09 bits per heavy atom. The van der Waals surface area contributed by atoms with Crippen LogP contribution < -0.4 is 20.5 Å². The van der Waals surface area contributed by atoms with Crippen LogP contribution in [0.1, 0.15) is 44.1 Å². The Labute approximate surface area is 140 Å². The fourth-order valence-electron chi connectivity index (χ4n) is 3.41. The number of unbranched alkanes of at least 4 members (excludes halogenated alkanes) is 1. The van der Waals surface area contributed by atoms with Crippen molar-refractivity contribution in [2.24, 2.45) is 11.7 Å². The van der Waals surface area contributed by atoms with Crippen LogP contribution in [0.2, 0.25) is 0 Å². The summed E-state index contributed by atoms with van der Waals surface area (Å²) >= 11 is 0. The summed E-state index contributed by atoms with van der Waals surface area (Å²) in [5, 5.41) is 3.61. The van der Waals surface area contributed by atoms with Gasteiger partial charge in [-0.3, -0.25) is 0 Å². The van der Waals surface area contributed by atoms with Gasteiger partial charge < -0.3 is 20.5 Å². The van der Waals surface area contributed by atoms with Crippen LogP contribution in [0.15, 0.2) is 18.2 Å². The van der Waals surface area contributed by atoms with Gasteiger partial charge in [-0.15, -0.1) is 0 Å². The lowest BCUT2D eigenvalue weighted by atomic mass is 9.86. The van der Waals surface area contributed by atoms with Crippen molar-refractivity contribution in [1.29, 1.82) is 0 Å².